The molecule has 2 heterocycles. The number of carbonyl (C=O) groups excluding carboxylic acids is 2. The van der Waals surface area contributed by atoms with E-state index in [1.807, 2.05) is 17.8 Å². The minimum atomic E-state index is -0.431. The molecule has 1 aliphatic heterocycles. The quantitative estimate of drug-likeness (QED) is 0.836. The highest BCUT2D eigenvalue weighted by Gasteiger charge is 2.45. The van der Waals surface area contributed by atoms with Crippen LogP contribution >= 0.6 is 0 Å². The lowest BCUT2D eigenvalue weighted by molar-refractivity contribution is -0.150. The maximum absolute atomic E-state index is 12.5. The Kier molecular flexibility index (Phi) is 2.80. The lowest BCUT2D eigenvalue weighted by Crippen LogP contribution is -2.62. The van der Waals surface area contributed by atoms with Gasteiger partial charge in [0.15, 0.2) is 0 Å². The number of aromatic nitrogens is 2. The van der Waals surface area contributed by atoms with Gasteiger partial charge >= 0.3 is 0 Å². The number of hydrogen-bond donors (Lipinski definition) is 1. The Morgan fingerprint density at radius 3 is 2.74 bits per heavy atom. The molecule has 0 bridgehead atoms. The van der Waals surface area contributed by atoms with Crippen molar-refractivity contribution in [3.05, 3.63) is 18.2 Å². The highest BCUT2D eigenvalue weighted by Crippen LogP contribution is 2.35. The first-order valence-corrected chi connectivity index (χ1v) is 6.65. The van der Waals surface area contributed by atoms with Crippen LogP contribution in [0.3, 0.4) is 0 Å². The Bertz CT molecular complexity index is 520. The van der Waals surface area contributed by atoms with Gasteiger partial charge < -0.3 is 14.8 Å². The molecule has 1 saturated carbocycles. The second-order valence-electron chi connectivity index (χ2n) is 5.42. The topological polar surface area (TPSA) is 67.2 Å². The van der Waals surface area contributed by atoms with Gasteiger partial charge in [-0.25, -0.2) is 4.98 Å². The highest BCUT2D eigenvalue weighted by atomic mass is 16.2. The van der Waals surface area contributed by atoms with Gasteiger partial charge in [0.2, 0.25) is 11.8 Å². The van der Waals surface area contributed by atoms with Crippen molar-refractivity contribution in [1.29, 1.82) is 0 Å². The monoisotopic (exact) mass is 262 g/mol. The normalized spacial score (nSPS) is 27.6. The summed E-state index contributed by atoms with van der Waals surface area (Å²) >= 11 is 0. The molecule has 2 fully saturated rings. The van der Waals surface area contributed by atoms with Crippen molar-refractivity contribution in [1.82, 2.24) is 19.8 Å². The van der Waals surface area contributed by atoms with Gasteiger partial charge in [0, 0.05) is 19.4 Å². The summed E-state index contributed by atoms with van der Waals surface area (Å²) in [7, 11) is 1.89. The van der Waals surface area contributed by atoms with E-state index in [9.17, 15) is 9.59 Å². The zero-order valence-electron chi connectivity index (χ0n) is 11.2. The Hall–Kier alpha value is -1.85. The van der Waals surface area contributed by atoms with Crippen LogP contribution in [0.2, 0.25) is 0 Å². The van der Waals surface area contributed by atoms with Gasteiger partial charge in [-0.1, -0.05) is 0 Å². The van der Waals surface area contributed by atoms with Crippen molar-refractivity contribution >= 4 is 11.8 Å². The average Bonchev–Trinajstić information content (AvgIpc) is 3.14. The first kappa shape index (κ1) is 12.2. The number of piperazine rings is 1. The van der Waals surface area contributed by atoms with Crippen molar-refractivity contribution in [2.75, 3.05) is 0 Å². The number of nitrogens with zero attached hydrogens (tertiary/aromatic N) is 3. The van der Waals surface area contributed by atoms with E-state index in [2.05, 4.69) is 10.3 Å². The Balaban J connectivity index is 1.82. The number of aryl methyl sites for hydroxylation is 1. The van der Waals surface area contributed by atoms with Crippen LogP contribution in [-0.4, -0.2) is 38.3 Å². The maximum atomic E-state index is 12.5. The molecule has 2 aliphatic rings. The minimum Gasteiger partial charge on any atom is -0.342 e. The lowest BCUT2D eigenvalue weighted by atomic mass is 10.0. The summed E-state index contributed by atoms with van der Waals surface area (Å²) in [6.07, 6.45) is 5.60. The first-order chi connectivity index (χ1) is 9.08. The molecule has 19 heavy (non-hydrogen) atoms. The Morgan fingerprint density at radius 1 is 1.42 bits per heavy atom. The second kappa shape index (κ2) is 4.36. The van der Waals surface area contributed by atoms with Crippen LogP contribution in [0.25, 0.3) is 0 Å². The van der Waals surface area contributed by atoms with Gasteiger partial charge in [-0.15, -0.1) is 0 Å². The Morgan fingerprint density at radius 2 is 2.16 bits per heavy atom. The summed E-state index contributed by atoms with van der Waals surface area (Å²) in [5.41, 5.74) is 0. The number of nitrogens with one attached hydrogen (secondary N) is 1. The molecule has 6 nitrogen and oxygen atoms in total. The second-order valence-corrected chi connectivity index (χ2v) is 5.42. The molecule has 1 aliphatic carbocycles. The predicted octanol–water partition coefficient (Wildman–Crippen LogP) is 0.0456. The number of rotatable bonds is 3. The zero-order chi connectivity index (χ0) is 13.6. The average molecular weight is 262 g/mol. The van der Waals surface area contributed by atoms with E-state index in [0.29, 0.717) is 12.5 Å². The van der Waals surface area contributed by atoms with E-state index in [-0.39, 0.29) is 17.9 Å². The van der Waals surface area contributed by atoms with Crippen LogP contribution in [0, 0.1) is 5.92 Å². The molecule has 0 spiro atoms. The molecule has 1 aromatic rings. The van der Waals surface area contributed by atoms with Crippen LogP contribution in [0.4, 0.5) is 0 Å². The number of imidazole rings is 1. The van der Waals surface area contributed by atoms with E-state index in [1.54, 1.807) is 18.0 Å². The third kappa shape index (κ3) is 2.11. The number of hydrogen-bond acceptors (Lipinski definition) is 3. The van der Waals surface area contributed by atoms with Crippen LogP contribution in [0.5, 0.6) is 0 Å². The van der Waals surface area contributed by atoms with Crippen LogP contribution in [0.1, 0.15) is 25.6 Å². The fourth-order valence-corrected chi connectivity index (χ4v) is 2.51. The zero-order valence-corrected chi connectivity index (χ0v) is 11.2. The minimum absolute atomic E-state index is 0.0256. The van der Waals surface area contributed by atoms with Crippen molar-refractivity contribution in [2.24, 2.45) is 13.0 Å². The number of amides is 2. The largest absolute Gasteiger partial charge is 0.342 e. The molecule has 0 radical (unpaired) electrons. The molecular weight excluding hydrogens is 244 g/mol. The third-order valence-electron chi connectivity index (χ3n) is 4.02. The number of carbonyl (C=O) groups is 2. The van der Waals surface area contributed by atoms with Gasteiger partial charge in [0.25, 0.3) is 0 Å². The van der Waals surface area contributed by atoms with Crippen molar-refractivity contribution in [3.8, 4) is 0 Å². The summed E-state index contributed by atoms with van der Waals surface area (Å²) in [6.45, 7) is 2.15. The maximum Gasteiger partial charge on any atom is 0.246 e. The summed E-state index contributed by atoms with van der Waals surface area (Å²) in [6, 6.07) is -0.761. The summed E-state index contributed by atoms with van der Waals surface area (Å²) < 4.78 is 1.87. The molecule has 102 valence electrons. The smallest absolute Gasteiger partial charge is 0.246 e. The molecule has 1 saturated heterocycles. The van der Waals surface area contributed by atoms with E-state index in [0.717, 1.165) is 18.7 Å². The standard InChI is InChI=1S/C13H18N4O2/c1-8-12(18)15-11(9-3-4-9)13(19)17(8)7-10-14-5-6-16(10)2/h5-6,8-9,11H,3-4,7H2,1-2H3,(H,15,18). The predicted molar refractivity (Wildman–Crippen MR) is 67.9 cm³/mol. The van der Waals surface area contributed by atoms with E-state index in [4.69, 9.17) is 0 Å². The molecule has 3 rings (SSSR count). The van der Waals surface area contributed by atoms with Crippen LogP contribution in [0.15, 0.2) is 12.4 Å². The molecule has 2 unspecified atom stereocenters. The summed E-state index contributed by atoms with van der Waals surface area (Å²) in [5.74, 6) is 1.08. The van der Waals surface area contributed by atoms with Crippen molar-refractivity contribution < 1.29 is 9.59 Å². The molecule has 1 N–H and O–H groups in total. The van der Waals surface area contributed by atoms with Gasteiger partial charge in [0.1, 0.15) is 17.9 Å². The van der Waals surface area contributed by atoms with Crippen molar-refractivity contribution in [3.63, 3.8) is 0 Å². The van der Waals surface area contributed by atoms with Gasteiger partial charge in [0.05, 0.1) is 6.54 Å². The highest BCUT2D eigenvalue weighted by molar-refractivity contribution is 5.97. The first-order valence-electron chi connectivity index (χ1n) is 6.65. The molecule has 1 aromatic heterocycles. The van der Waals surface area contributed by atoms with E-state index >= 15 is 0 Å². The fourth-order valence-electron chi connectivity index (χ4n) is 2.51. The van der Waals surface area contributed by atoms with Gasteiger partial charge in [-0.2, -0.15) is 0 Å². The third-order valence-corrected chi connectivity index (χ3v) is 4.02. The van der Waals surface area contributed by atoms with Crippen LogP contribution < -0.4 is 5.32 Å². The van der Waals surface area contributed by atoms with Gasteiger partial charge in [-0.05, 0) is 25.7 Å². The van der Waals surface area contributed by atoms with Crippen molar-refractivity contribution in [2.45, 2.75) is 38.4 Å². The summed E-state index contributed by atoms with van der Waals surface area (Å²) in [4.78, 5) is 30.3. The van der Waals surface area contributed by atoms with E-state index < -0.39 is 6.04 Å². The molecule has 0 aromatic carbocycles. The SMILES string of the molecule is CC1C(=O)NC(C2CC2)C(=O)N1Cc1nccn1C. The molecular formula is C13H18N4O2. The Labute approximate surface area is 111 Å². The van der Waals surface area contributed by atoms with Gasteiger partial charge in [-0.3, -0.25) is 9.59 Å². The van der Waals surface area contributed by atoms with E-state index in [1.165, 1.54) is 0 Å². The molecule has 2 amide bonds. The summed E-state index contributed by atoms with van der Waals surface area (Å²) in [5, 5.41) is 2.84. The fraction of sp³-hybridized carbons (Fsp3) is 0.615. The molecule has 2 atom stereocenters. The molecule has 6 heteroatoms. The van der Waals surface area contributed by atoms with Crippen LogP contribution in [-0.2, 0) is 23.2 Å². The lowest BCUT2D eigenvalue weighted by Gasteiger charge is -2.37.